The molecule has 76 valence electrons. The van der Waals surface area contributed by atoms with Crippen molar-refractivity contribution in [2.45, 2.75) is 38.4 Å². The average Bonchev–Trinajstić information content (AvgIpc) is 2.97. The number of hydrogen-bond donors (Lipinski definition) is 0. The Bertz CT molecular complexity index is 162. The van der Waals surface area contributed by atoms with Gasteiger partial charge in [-0.1, -0.05) is 22.6 Å². The smallest absolute Gasteiger partial charge is 0.157 e. The highest BCUT2D eigenvalue weighted by atomic mass is 127. The SMILES string of the molecule is ICC1(CO[C@@H]2CCCCO2)CC1. The van der Waals surface area contributed by atoms with Crippen LogP contribution in [0.25, 0.3) is 0 Å². The van der Waals surface area contributed by atoms with Crippen LogP contribution in [0.1, 0.15) is 32.1 Å². The van der Waals surface area contributed by atoms with Crippen molar-refractivity contribution in [2.75, 3.05) is 17.6 Å². The van der Waals surface area contributed by atoms with E-state index in [4.69, 9.17) is 9.47 Å². The Kier molecular flexibility index (Phi) is 3.48. The highest BCUT2D eigenvalue weighted by molar-refractivity contribution is 14.1. The van der Waals surface area contributed by atoms with Gasteiger partial charge in [-0.05, 0) is 32.1 Å². The van der Waals surface area contributed by atoms with Crippen LogP contribution in [-0.4, -0.2) is 23.9 Å². The van der Waals surface area contributed by atoms with E-state index in [-0.39, 0.29) is 6.29 Å². The number of halogens is 1. The van der Waals surface area contributed by atoms with Crippen molar-refractivity contribution in [1.29, 1.82) is 0 Å². The third kappa shape index (κ3) is 2.80. The second-order valence-corrected chi connectivity index (χ2v) is 5.00. The summed E-state index contributed by atoms with van der Waals surface area (Å²) in [7, 11) is 0. The normalized spacial score (nSPS) is 31.6. The van der Waals surface area contributed by atoms with Crippen molar-refractivity contribution < 1.29 is 9.47 Å². The van der Waals surface area contributed by atoms with E-state index in [2.05, 4.69) is 22.6 Å². The third-order valence-electron chi connectivity index (χ3n) is 2.95. The maximum absolute atomic E-state index is 5.77. The molecule has 0 N–H and O–H groups in total. The van der Waals surface area contributed by atoms with Crippen LogP contribution >= 0.6 is 22.6 Å². The van der Waals surface area contributed by atoms with Crippen molar-refractivity contribution >= 4 is 22.6 Å². The minimum atomic E-state index is 0.106. The van der Waals surface area contributed by atoms with Gasteiger partial charge < -0.3 is 9.47 Å². The molecule has 0 aromatic rings. The van der Waals surface area contributed by atoms with Gasteiger partial charge >= 0.3 is 0 Å². The van der Waals surface area contributed by atoms with Crippen molar-refractivity contribution in [2.24, 2.45) is 5.41 Å². The zero-order valence-corrected chi connectivity index (χ0v) is 10.1. The molecule has 0 unspecified atom stereocenters. The topological polar surface area (TPSA) is 18.5 Å². The Morgan fingerprint density at radius 3 is 2.77 bits per heavy atom. The molecule has 0 bridgehead atoms. The maximum Gasteiger partial charge on any atom is 0.157 e. The van der Waals surface area contributed by atoms with Gasteiger partial charge in [0.05, 0.1) is 6.61 Å². The van der Waals surface area contributed by atoms with Gasteiger partial charge in [0, 0.05) is 16.4 Å². The first-order chi connectivity index (χ1) is 6.35. The molecule has 1 aliphatic heterocycles. The molecule has 0 spiro atoms. The van der Waals surface area contributed by atoms with E-state index in [1.54, 1.807) is 0 Å². The molecule has 13 heavy (non-hydrogen) atoms. The Morgan fingerprint density at radius 1 is 1.38 bits per heavy atom. The minimum absolute atomic E-state index is 0.106. The lowest BCUT2D eigenvalue weighted by Gasteiger charge is -2.24. The summed E-state index contributed by atoms with van der Waals surface area (Å²) in [6.07, 6.45) is 6.37. The lowest BCUT2D eigenvalue weighted by atomic mass is 10.1. The Balaban J connectivity index is 1.66. The van der Waals surface area contributed by atoms with Crippen LogP contribution in [-0.2, 0) is 9.47 Å². The van der Waals surface area contributed by atoms with Crippen LogP contribution in [0.5, 0.6) is 0 Å². The highest BCUT2D eigenvalue weighted by Crippen LogP contribution is 2.47. The summed E-state index contributed by atoms with van der Waals surface area (Å²) in [5, 5.41) is 0. The van der Waals surface area contributed by atoms with E-state index in [1.807, 2.05) is 0 Å². The summed E-state index contributed by atoms with van der Waals surface area (Å²) in [6, 6.07) is 0. The summed E-state index contributed by atoms with van der Waals surface area (Å²) in [4.78, 5) is 0. The lowest BCUT2D eigenvalue weighted by molar-refractivity contribution is -0.169. The second kappa shape index (κ2) is 4.45. The maximum atomic E-state index is 5.77. The molecule has 2 rings (SSSR count). The van der Waals surface area contributed by atoms with E-state index >= 15 is 0 Å². The molecule has 1 saturated heterocycles. The van der Waals surface area contributed by atoms with E-state index in [0.717, 1.165) is 19.6 Å². The molecular weight excluding hydrogens is 279 g/mol. The van der Waals surface area contributed by atoms with Crippen LogP contribution in [0.4, 0.5) is 0 Å². The van der Waals surface area contributed by atoms with Crippen molar-refractivity contribution in [1.82, 2.24) is 0 Å². The molecule has 2 nitrogen and oxygen atoms in total. The monoisotopic (exact) mass is 296 g/mol. The first kappa shape index (κ1) is 10.2. The van der Waals surface area contributed by atoms with Gasteiger partial charge in [-0.15, -0.1) is 0 Å². The summed E-state index contributed by atoms with van der Waals surface area (Å²) >= 11 is 2.47. The van der Waals surface area contributed by atoms with E-state index < -0.39 is 0 Å². The molecule has 3 heteroatoms. The molecule has 1 aliphatic carbocycles. The molecule has 0 radical (unpaired) electrons. The van der Waals surface area contributed by atoms with Gasteiger partial charge in [0.1, 0.15) is 0 Å². The predicted molar refractivity (Wildman–Crippen MR) is 60.1 cm³/mol. The minimum Gasteiger partial charge on any atom is -0.353 e. The lowest BCUT2D eigenvalue weighted by Crippen LogP contribution is -2.25. The molecule has 0 amide bonds. The van der Waals surface area contributed by atoms with E-state index in [0.29, 0.717) is 5.41 Å². The molecule has 1 saturated carbocycles. The van der Waals surface area contributed by atoms with Crippen LogP contribution in [0, 0.1) is 5.41 Å². The summed E-state index contributed by atoms with van der Waals surface area (Å²) in [6.45, 7) is 1.81. The standard InChI is InChI=1S/C10H17IO2/c11-7-10(4-5-10)8-13-9-3-1-2-6-12-9/h9H,1-8H2/t9-/m1/s1. The van der Waals surface area contributed by atoms with Crippen LogP contribution in [0.15, 0.2) is 0 Å². The van der Waals surface area contributed by atoms with Crippen molar-refractivity contribution in [3.8, 4) is 0 Å². The van der Waals surface area contributed by atoms with Crippen molar-refractivity contribution in [3.05, 3.63) is 0 Å². The number of hydrogen-bond acceptors (Lipinski definition) is 2. The summed E-state index contributed by atoms with van der Waals surface area (Å²) < 4.78 is 12.5. The molecule has 0 aromatic carbocycles. The van der Waals surface area contributed by atoms with Crippen LogP contribution in [0.3, 0.4) is 0 Å². The van der Waals surface area contributed by atoms with Crippen LogP contribution < -0.4 is 0 Å². The molecule has 2 aliphatic rings. The van der Waals surface area contributed by atoms with Gasteiger partial charge in [-0.25, -0.2) is 0 Å². The Morgan fingerprint density at radius 2 is 2.23 bits per heavy atom. The number of alkyl halides is 1. The predicted octanol–water partition coefficient (Wildman–Crippen LogP) is 2.74. The van der Waals surface area contributed by atoms with E-state index in [9.17, 15) is 0 Å². The zero-order chi connectivity index (χ0) is 9.15. The summed E-state index contributed by atoms with van der Waals surface area (Å²) in [5.41, 5.74) is 0.529. The molecule has 1 atom stereocenters. The molecule has 1 heterocycles. The van der Waals surface area contributed by atoms with Crippen LogP contribution in [0.2, 0.25) is 0 Å². The third-order valence-corrected chi connectivity index (χ3v) is 4.57. The Hall–Kier alpha value is 0.650. The summed E-state index contributed by atoms with van der Waals surface area (Å²) in [5.74, 6) is 0. The first-order valence-corrected chi connectivity index (χ1v) is 6.66. The largest absolute Gasteiger partial charge is 0.353 e. The van der Waals surface area contributed by atoms with Gasteiger partial charge in [0.25, 0.3) is 0 Å². The van der Waals surface area contributed by atoms with Gasteiger partial charge in [-0.2, -0.15) is 0 Å². The molecular formula is C10H17IO2. The number of rotatable bonds is 4. The van der Waals surface area contributed by atoms with Crippen molar-refractivity contribution in [3.63, 3.8) is 0 Å². The van der Waals surface area contributed by atoms with E-state index in [1.165, 1.54) is 30.1 Å². The average molecular weight is 296 g/mol. The molecule has 0 aromatic heterocycles. The first-order valence-electron chi connectivity index (χ1n) is 5.14. The zero-order valence-electron chi connectivity index (χ0n) is 7.93. The molecule has 2 fully saturated rings. The Labute approximate surface area is 93.5 Å². The number of ether oxygens (including phenoxy) is 2. The fourth-order valence-electron chi connectivity index (χ4n) is 1.61. The highest BCUT2D eigenvalue weighted by Gasteiger charge is 2.42. The van der Waals surface area contributed by atoms with Gasteiger partial charge in [0.15, 0.2) is 6.29 Å². The van der Waals surface area contributed by atoms with Gasteiger partial charge in [-0.3, -0.25) is 0 Å². The van der Waals surface area contributed by atoms with Gasteiger partial charge in [0.2, 0.25) is 0 Å². The second-order valence-electron chi connectivity index (χ2n) is 4.24. The quantitative estimate of drug-likeness (QED) is 0.586. The fourth-order valence-corrected chi connectivity index (χ4v) is 2.59. The fraction of sp³-hybridized carbons (Fsp3) is 1.00.